The number of benzene rings is 1. The van der Waals surface area contributed by atoms with E-state index in [0.29, 0.717) is 11.3 Å². The summed E-state index contributed by atoms with van der Waals surface area (Å²) in [5.41, 5.74) is 1.53. The maximum atomic E-state index is 12.7. The molecule has 1 aromatic heterocycles. The van der Waals surface area contributed by atoms with Crippen molar-refractivity contribution in [2.45, 2.75) is 20.4 Å². The molecule has 2 aromatic rings. The largest absolute Gasteiger partial charge is 0.481 e. The van der Waals surface area contributed by atoms with Crippen molar-refractivity contribution >= 4 is 11.9 Å². The van der Waals surface area contributed by atoms with E-state index in [4.69, 9.17) is 9.52 Å². The molecule has 1 heterocycles. The number of carboxylic acids is 1. The average Bonchev–Trinajstić information content (AvgIpc) is 2.98. The van der Waals surface area contributed by atoms with Gasteiger partial charge in [0.15, 0.2) is 0 Å². The van der Waals surface area contributed by atoms with Crippen LogP contribution >= 0.6 is 0 Å². The van der Waals surface area contributed by atoms with Gasteiger partial charge in [-0.3, -0.25) is 9.59 Å². The first kappa shape index (κ1) is 15.8. The third-order valence-corrected chi connectivity index (χ3v) is 3.39. The summed E-state index contributed by atoms with van der Waals surface area (Å²) in [6.45, 7) is 3.87. The van der Waals surface area contributed by atoms with Crippen LogP contribution in [0.3, 0.4) is 0 Å². The zero-order chi connectivity index (χ0) is 16.1. The van der Waals surface area contributed by atoms with Crippen LogP contribution in [0.4, 0.5) is 0 Å². The fraction of sp³-hybridized carbons (Fsp3) is 0.294. The molecular formula is C17H19NO4. The molecule has 0 aliphatic rings. The van der Waals surface area contributed by atoms with E-state index in [9.17, 15) is 9.59 Å². The molecule has 1 aromatic carbocycles. The third kappa shape index (κ3) is 3.97. The number of hydrogen-bond donors (Lipinski definition) is 1. The minimum atomic E-state index is -0.929. The number of aliphatic carboxylic acids is 1. The highest BCUT2D eigenvalue weighted by Crippen LogP contribution is 2.14. The van der Waals surface area contributed by atoms with Crippen LogP contribution in [0.1, 0.15) is 28.6 Å². The van der Waals surface area contributed by atoms with Crippen molar-refractivity contribution in [3.63, 3.8) is 0 Å². The highest BCUT2D eigenvalue weighted by molar-refractivity contribution is 5.94. The maximum Gasteiger partial charge on any atom is 0.308 e. The molecule has 0 bridgehead atoms. The van der Waals surface area contributed by atoms with E-state index in [1.54, 1.807) is 31.2 Å². The number of nitrogens with zero attached hydrogens (tertiary/aromatic N) is 1. The quantitative estimate of drug-likeness (QED) is 0.890. The first-order valence-corrected chi connectivity index (χ1v) is 7.08. The number of aryl methyl sites for hydroxylation is 1. The van der Waals surface area contributed by atoms with Crippen LogP contribution in [0.2, 0.25) is 0 Å². The number of amides is 1. The molecule has 0 radical (unpaired) electrons. The Morgan fingerprint density at radius 2 is 2.05 bits per heavy atom. The first-order valence-electron chi connectivity index (χ1n) is 7.08. The summed E-state index contributed by atoms with van der Waals surface area (Å²) in [6.07, 6.45) is 1.53. The predicted molar refractivity (Wildman–Crippen MR) is 81.4 cm³/mol. The lowest BCUT2D eigenvalue weighted by atomic mass is 10.1. The molecule has 0 saturated heterocycles. The second-order valence-corrected chi connectivity index (χ2v) is 5.37. The van der Waals surface area contributed by atoms with Crippen molar-refractivity contribution in [2.75, 3.05) is 6.54 Å². The lowest BCUT2D eigenvalue weighted by molar-refractivity contribution is -0.141. The smallest absolute Gasteiger partial charge is 0.308 e. The molecule has 0 spiro atoms. The van der Waals surface area contributed by atoms with Gasteiger partial charge in [-0.05, 0) is 31.2 Å². The minimum absolute atomic E-state index is 0.128. The lowest BCUT2D eigenvalue weighted by Crippen LogP contribution is -2.36. The summed E-state index contributed by atoms with van der Waals surface area (Å²) >= 11 is 0. The Bertz CT molecular complexity index is 648. The second-order valence-electron chi connectivity index (χ2n) is 5.37. The molecule has 1 N–H and O–H groups in total. The van der Waals surface area contributed by atoms with Crippen LogP contribution in [0.25, 0.3) is 0 Å². The fourth-order valence-electron chi connectivity index (χ4n) is 2.18. The summed E-state index contributed by atoms with van der Waals surface area (Å²) in [7, 11) is 0. The van der Waals surface area contributed by atoms with Gasteiger partial charge in [-0.2, -0.15) is 0 Å². The Kier molecular flexibility index (Phi) is 4.99. The SMILES string of the molecule is Cc1cccc(C(=O)N(Cc2ccco2)CC(C)C(=O)O)c1. The van der Waals surface area contributed by atoms with Crippen LogP contribution in [-0.4, -0.2) is 28.4 Å². The van der Waals surface area contributed by atoms with E-state index < -0.39 is 11.9 Å². The first-order chi connectivity index (χ1) is 10.5. The van der Waals surface area contributed by atoms with E-state index in [2.05, 4.69) is 0 Å². The van der Waals surface area contributed by atoms with Crippen LogP contribution in [0.5, 0.6) is 0 Å². The normalized spacial score (nSPS) is 11.9. The summed E-state index contributed by atoms with van der Waals surface area (Å²) in [6, 6.07) is 10.8. The van der Waals surface area contributed by atoms with Gasteiger partial charge in [0.2, 0.25) is 0 Å². The summed E-state index contributed by atoms with van der Waals surface area (Å²) in [4.78, 5) is 25.3. The molecule has 1 unspecified atom stereocenters. The van der Waals surface area contributed by atoms with E-state index in [-0.39, 0.29) is 19.0 Å². The molecule has 2 rings (SSSR count). The topological polar surface area (TPSA) is 70.8 Å². The van der Waals surface area contributed by atoms with Crippen LogP contribution in [0, 0.1) is 12.8 Å². The van der Waals surface area contributed by atoms with E-state index in [1.807, 2.05) is 19.1 Å². The molecule has 0 aliphatic carbocycles. The standard InChI is InChI=1S/C17H19NO4/c1-12-5-3-6-14(9-12)16(19)18(10-13(2)17(20)21)11-15-7-4-8-22-15/h3-9,13H,10-11H2,1-2H3,(H,20,21). The number of carboxylic acid groups (broad SMARTS) is 1. The Balaban J connectivity index is 2.22. The lowest BCUT2D eigenvalue weighted by Gasteiger charge is -2.24. The predicted octanol–water partition coefficient (Wildman–Crippen LogP) is 2.95. The van der Waals surface area contributed by atoms with Crippen molar-refractivity contribution in [3.05, 3.63) is 59.5 Å². The highest BCUT2D eigenvalue weighted by Gasteiger charge is 2.22. The monoisotopic (exact) mass is 301 g/mol. The Morgan fingerprint density at radius 1 is 1.27 bits per heavy atom. The molecular weight excluding hydrogens is 282 g/mol. The van der Waals surface area contributed by atoms with Crippen LogP contribution in [0.15, 0.2) is 47.1 Å². The third-order valence-electron chi connectivity index (χ3n) is 3.39. The van der Waals surface area contributed by atoms with Crippen molar-refractivity contribution in [2.24, 2.45) is 5.92 Å². The summed E-state index contributed by atoms with van der Waals surface area (Å²) in [5.74, 6) is -1.16. The molecule has 1 atom stereocenters. The molecule has 5 heteroatoms. The van der Waals surface area contributed by atoms with Crippen molar-refractivity contribution in [3.8, 4) is 0 Å². The molecule has 0 aliphatic heterocycles. The van der Waals surface area contributed by atoms with Crippen molar-refractivity contribution in [1.82, 2.24) is 4.90 Å². The number of rotatable bonds is 6. The van der Waals surface area contributed by atoms with Crippen LogP contribution in [-0.2, 0) is 11.3 Å². The highest BCUT2D eigenvalue weighted by atomic mass is 16.4. The maximum absolute atomic E-state index is 12.7. The fourth-order valence-corrected chi connectivity index (χ4v) is 2.18. The van der Waals surface area contributed by atoms with Crippen molar-refractivity contribution < 1.29 is 19.1 Å². The van der Waals surface area contributed by atoms with Crippen molar-refractivity contribution in [1.29, 1.82) is 0 Å². The molecule has 116 valence electrons. The molecule has 1 amide bonds. The van der Waals surface area contributed by atoms with Gasteiger partial charge in [-0.15, -0.1) is 0 Å². The number of furan rings is 1. The van der Waals surface area contributed by atoms with Gasteiger partial charge >= 0.3 is 5.97 Å². The van der Waals surface area contributed by atoms with E-state index in [1.165, 1.54) is 11.2 Å². The van der Waals surface area contributed by atoms with Gasteiger partial charge in [-0.25, -0.2) is 0 Å². The van der Waals surface area contributed by atoms with Gasteiger partial charge in [0, 0.05) is 12.1 Å². The van der Waals surface area contributed by atoms with Gasteiger partial charge in [-0.1, -0.05) is 24.6 Å². The van der Waals surface area contributed by atoms with Crippen LogP contribution < -0.4 is 0 Å². The van der Waals surface area contributed by atoms with Gasteiger partial charge in [0.25, 0.3) is 5.91 Å². The zero-order valence-electron chi connectivity index (χ0n) is 12.7. The molecule has 0 fully saturated rings. The number of carbonyl (C=O) groups excluding carboxylic acids is 1. The van der Waals surface area contributed by atoms with E-state index >= 15 is 0 Å². The summed E-state index contributed by atoms with van der Waals surface area (Å²) in [5, 5.41) is 9.09. The van der Waals surface area contributed by atoms with Gasteiger partial charge in [0.1, 0.15) is 5.76 Å². The Labute approximate surface area is 129 Å². The van der Waals surface area contributed by atoms with E-state index in [0.717, 1.165) is 5.56 Å². The molecule has 0 saturated carbocycles. The average molecular weight is 301 g/mol. The molecule has 5 nitrogen and oxygen atoms in total. The summed E-state index contributed by atoms with van der Waals surface area (Å²) < 4.78 is 5.27. The second kappa shape index (κ2) is 6.93. The number of hydrogen-bond acceptors (Lipinski definition) is 3. The van der Waals surface area contributed by atoms with Gasteiger partial charge in [0.05, 0.1) is 18.7 Å². The zero-order valence-corrected chi connectivity index (χ0v) is 12.7. The Hall–Kier alpha value is -2.56. The number of carbonyl (C=O) groups is 2. The minimum Gasteiger partial charge on any atom is -0.481 e. The molecule has 22 heavy (non-hydrogen) atoms. The Morgan fingerprint density at radius 3 is 2.64 bits per heavy atom. The van der Waals surface area contributed by atoms with Gasteiger partial charge < -0.3 is 14.4 Å².